The Labute approximate surface area is 169 Å². The number of rotatable bonds is 5. The molecular weight excluding hydrogens is 411 g/mol. The van der Waals surface area contributed by atoms with E-state index in [1.54, 1.807) is 24.3 Å². The predicted octanol–water partition coefficient (Wildman–Crippen LogP) is 3.43. The average Bonchev–Trinajstić information content (AvgIpc) is 3.07. The fourth-order valence-corrected chi connectivity index (χ4v) is 3.27. The third-order valence-corrected chi connectivity index (χ3v) is 4.87. The highest BCUT2D eigenvalue weighted by Crippen LogP contribution is 2.33. The second-order valence-electron chi connectivity index (χ2n) is 6.45. The van der Waals surface area contributed by atoms with Crippen LogP contribution in [-0.2, 0) is 22.3 Å². The first-order valence-electron chi connectivity index (χ1n) is 8.63. The van der Waals surface area contributed by atoms with Crippen molar-refractivity contribution < 1.29 is 27.5 Å². The molecule has 2 heterocycles. The lowest BCUT2D eigenvalue weighted by Crippen LogP contribution is -2.33. The van der Waals surface area contributed by atoms with Crippen LogP contribution in [0.2, 0.25) is 5.02 Å². The summed E-state index contributed by atoms with van der Waals surface area (Å²) < 4.78 is 43.3. The largest absolute Gasteiger partial charge is 0.495 e. The number of methoxy groups -OCH3 is 1. The molecular formula is C19H17ClF3N3O3. The van der Waals surface area contributed by atoms with Gasteiger partial charge < -0.3 is 15.0 Å². The maximum Gasteiger partial charge on any atom is 0.417 e. The molecule has 0 aliphatic carbocycles. The zero-order chi connectivity index (χ0) is 21.2. The van der Waals surface area contributed by atoms with Crippen molar-refractivity contribution >= 4 is 29.1 Å². The molecule has 1 unspecified atom stereocenters. The number of alkyl halides is 3. The molecule has 6 nitrogen and oxygen atoms in total. The van der Waals surface area contributed by atoms with Crippen molar-refractivity contribution in [2.75, 3.05) is 18.6 Å². The van der Waals surface area contributed by atoms with Crippen molar-refractivity contribution in [3.63, 3.8) is 0 Å². The Balaban J connectivity index is 1.64. The molecule has 1 aliphatic heterocycles. The molecule has 1 aromatic heterocycles. The van der Waals surface area contributed by atoms with E-state index in [-0.39, 0.29) is 36.1 Å². The highest BCUT2D eigenvalue weighted by molar-refractivity contribution is 6.31. The number of hydrogen-bond donors (Lipinski definition) is 1. The van der Waals surface area contributed by atoms with Gasteiger partial charge in [0.05, 0.1) is 41.5 Å². The normalized spacial score (nSPS) is 16.8. The second-order valence-corrected chi connectivity index (χ2v) is 6.85. The van der Waals surface area contributed by atoms with Crippen LogP contribution in [0.4, 0.5) is 18.9 Å². The van der Waals surface area contributed by atoms with Crippen LogP contribution in [-0.4, -0.2) is 30.5 Å². The number of carbonyl (C=O) groups is 2. The number of ether oxygens (including phenoxy) is 1. The Kier molecular flexibility index (Phi) is 5.97. The van der Waals surface area contributed by atoms with Gasteiger partial charge in [-0.3, -0.25) is 14.6 Å². The molecule has 0 spiro atoms. The van der Waals surface area contributed by atoms with Crippen LogP contribution in [0.5, 0.6) is 5.75 Å². The van der Waals surface area contributed by atoms with E-state index in [9.17, 15) is 22.8 Å². The first-order valence-corrected chi connectivity index (χ1v) is 9.01. The lowest BCUT2D eigenvalue weighted by molar-refractivity contribution is -0.137. The number of pyridine rings is 1. The quantitative estimate of drug-likeness (QED) is 0.793. The minimum Gasteiger partial charge on any atom is -0.495 e. The summed E-state index contributed by atoms with van der Waals surface area (Å²) in [6.45, 7) is 0.0222. The molecule has 1 aliphatic rings. The fourth-order valence-electron chi connectivity index (χ4n) is 3.04. The van der Waals surface area contributed by atoms with Gasteiger partial charge in [0.1, 0.15) is 5.75 Å². The van der Waals surface area contributed by atoms with Crippen LogP contribution in [0.1, 0.15) is 17.7 Å². The van der Waals surface area contributed by atoms with Crippen molar-refractivity contribution in [1.82, 2.24) is 10.3 Å². The lowest BCUT2D eigenvalue weighted by Gasteiger charge is -2.19. The number of benzene rings is 1. The van der Waals surface area contributed by atoms with Crippen LogP contribution >= 0.6 is 11.6 Å². The van der Waals surface area contributed by atoms with Crippen molar-refractivity contribution in [2.45, 2.75) is 19.1 Å². The highest BCUT2D eigenvalue weighted by atomic mass is 35.5. The van der Waals surface area contributed by atoms with Gasteiger partial charge in [0.2, 0.25) is 11.8 Å². The van der Waals surface area contributed by atoms with Crippen LogP contribution in [0.25, 0.3) is 0 Å². The van der Waals surface area contributed by atoms with Gasteiger partial charge in [-0.2, -0.15) is 13.2 Å². The molecule has 2 aromatic rings. The summed E-state index contributed by atoms with van der Waals surface area (Å²) >= 11 is 5.85. The lowest BCUT2D eigenvalue weighted by atomic mass is 10.1. The van der Waals surface area contributed by atoms with E-state index in [0.717, 1.165) is 6.07 Å². The van der Waals surface area contributed by atoms with Gasteiger partial charge in [-0.05, 0) is 18.2 Å². The van der Waals surface area contributed by atoms with Crippen LogP contribution in [0.3, 0.4) is 0 Å². The Bertz CT molecular complexity index is 936. The Morgan fingerprint density at radius 3 is 2.76 bits per heavy atom. The summed E-state index contributed by atoms with van der Waals surface area (Å²) in [6.07, 6.45) is -3.88. The Morgan fingerprint density at radius 1 is 1.38 bits per heavy atom. The van der Waals surface area contributed by atoms with Gasteiger partial charge in [-0.1, -0.05) is 23.7 Å². The topological polar surface area (TPSA) is 71.5 Å². The van der Waals surface area contributed by atoms with Crippen molar-refractivity contribution in [2.24, 2.45) is 5.92 Å². The van der Waals surface area contributed by atoms with Gasteiger partial charge in [-0.25, -0.2) is 0 Å². The van der Waals surface area contributed by atoms with E-state index in [1.807, 2.05) is 0 Å². The number of aromatic nitrogens is 1. The predicted molar refractivity (Wildman–Crippen MR) is 99.5 cm³/mol. The number of carbonyl (C=O) groups excluding carboxylic acids is 2. The molecule has 3 rings (SSSR count). The zero-order valence-electron chi connectivity index (χ0n) is 15.3. The molecule has 0 radical (unpaired) electrons. The second kappa shape index (κ2) is 8.28. The van der Waals surface area contributed by atoms with E-state index in [2.05, 4.69) is 10.3 Å². The molecule has 1 saturated heterocycles. The minimum absolute atomic E-state index is 0.0120. The molecule has 1 fully saturated rings. The van der Waals surface area contributed by atoms with E-state index in [0.29, 0.717) is 17.6 Å². The van der Waals surface area contributed by atoms with E-state index in [4.69, 9.17) is 16.3 Å². The number of hydrogen-bond acceptors (Lipinski definition) is 4. The molecule has 1 N–H and O–H groups in total. The highest BCUT2D eigenvalue weighted by Gasteiger charge is 2.36. The number of amides is 2. The molecule has 154 valence electrons. The van der Waals surface area contributed by atoms with E-state index >= 15 is 0 Å². The van der Waals surface area contributed by atoms with Gasteiger partial charge in [0.25, 0.3) is 0 Å². The minimum atomic E-state index is -4.55. The first kappa shape index (κ1) is 20.9. The smallest absolute Gasteiger partial charge is 0.417 e. The maximum absolute atomic E-state index is 12.7. The Hall–Kier alpha value is -2.81. The number of para-hydroxylation sites is 2. The summed E-state index contributed by atoms with van der Waals surface area (Å²) in [6, 6.07) is 7.74. The monoisotopic (exact) mass is 427 g/mol. The molecule has 29 heavy (non-hydrogen) atoms. The van der Waals surface area contributed by atoms with Crippen molar-refractivity contribution in [1.29, 1.82) is 0 Å². The molecule has 2 amide bonds. The summed E-state index contributed by atoms with van der Waals surface area (Å²) in [4.78, 5) is 30.0. The Morgan fingerprint density at radius 2 is 2.10 bits per heavy atom. The van der Waals surface area contributed by atoms with Crippen molar-refractivity contribution in [3.8, 4) is 5.75 Å². The summed E-state index contributed by atoms with van der Waals surface area (Å²) in [7, 11) is 1.49. The number of nitrogens with one attached hydrogen (secondary N) is 1. The van der Waals surface area contributed by atoms with Crippen LogP contribution < -0.4 is 15.0 Å². The molecule has 1 aromatic carbocycles. The van der Waals surface area contributed by atoms with Crippen LogP contribution in [0, 0.1) is 5.92 Å². The van der Waals surface area contributed by atoms with Gasteiger partial charge in [0.15, 0.2) is 0 Å². The molecule has 1 atom stereocenters. The summed E-state index contributed by atoms with van der Waals surface area (Å²) in [5.41, 5.74) is -0.284. The third-order valence-electron chi connectivity index (χ3n) is 4.55. The van der Waals surface area contributed by atoms with E-state index in [1.165, 1.54) is 12.0 Å². The summed E-state index contributed by atoms with van der Waals surface area (Å²) in [5, 5.41) is 2.39. The number of nitrogens with zero attached hydrogens (tertiary/aromatic N) is 2. The van der Waals surface area contributed by atoms with Gasteiger partial charge in [-0.15, -0.1) is 0 Å². The van der Waals surface area contributed by atoms with Gasteiger partial charge in [0, 0.05) is 19.2 Å². The third kappa shape index (κ3) is 4.61. The van der Waals surface area contributed by atoms with Gasteiger partial charge >= 0.3 is 6.18 Å². The number of anilines is 1. The maximum atomic E-state index is 12.7. The molecule has 10 heteroatoms. The van der Waals surface area contributed by atoms with Crippen molar-refractivity contribution in [3.05, 3.63) is 52.8 Å². The average molecular weight is 428 g/mol. The van der Waals surface area contributed by atoms with Crippen LogP contribution in [0.15, 0.2) is 36.5 Å². The standard InChI is InChI=1S/C19H17ClF3N3O3/c1-29-16-5-3-2-4-15(16)26-10-11(6-17(26)27)18(28)25-9-14-13(20)7-12(8-24-14)19(21,22)23/h2-5,7-8,11H,6,9-10H2,1H3,(H,25,28). The van der Waals surface area contributed by atoms with E-state index < -0.39 is 23.6 Å². The SMILES string of the molecule is COc1ccccc1N1CC(C(=O)NCc2ncc(C(F)(F)F)cc2Cl)CC1=O. The number of halogens is 4. The molecule has 0 saturated carbocycles. The fraction of sp³-hybridized carbons (Fsp3) is 0.316. The summed E-state index contributed by atoms with van der Waals surface area (Å²) in [5.74, 6) is -0.725. The molecule has 0 bridgehead atoms. The first-order chi connectivity index (χ1) is 13.7. The zero-order valence-corrected chi connectivity index (χ0v) is 16.0.